The molecular weight excluding hydrogens is 252 g/mol. The van der Waals surface area contributed by atoms with Crippen molar-refractivity contribution < 1.29 is 4.74 Å². The molecular formula is C15H20N4O. The van der Waals surface area contributed by atoms with E-state index < -0.39 is 0 Å². The Labute approximate surface area is 118 Å². The largest absolute Gasteiger partial charge is 0.496 e. The maximum absolute atomic E-state index is 5.99. The molecule has 106 valence electrons. The number of fused-ring (bicyclic) bond motifs is 1. The summed E-state index contributed by atoms with van der Waals surface area (Å²) < 4.78 is 7.30. The van der Waals surface area contributed by atoms with Gasteiger partial charge in [-0.15, -0.1) is 0 Å². The van der Waals surface area contributed by atoms with Gasteiger partial charge in [0, 0.05) is 50.0 Å². The zero-order chi connectivity index (χ0) is 14.1. The average molecular weight is 272 g/mol. The number of aryl methyl sites for hydroxylation is 1. The fraction of sp³-hybridized carbons (Fsp3) is 0.400. The minimum atomic E-state index is 0.250. The zero-order valence-electron chi connectivity index (χ0n) is 11.9. The van der Waals surface area contributed by atoms with Crippen LogP contribution in [0, 0.1) is 0 Å². The normalized spacial score (nSPS) is 18.2. The van der Waals surface area contributed by atoms with Crippen LogP contribution >= 0.6 is 0 Å². The highest BCUT2D eigenvalue weighted by Gasteiger charge is 2.31. The fourth-order valence-electron chi connectivity index (χ4n) is 3.00. The zero-order valence-corrected chi connectivity index (χ0v) is 11.9. The van der Waals surface area contributed by atoms with Crippen LogP contribution in [0.15, 0.2) is 30.6 Å². The molecule has 1 aromatic carbocycles. The molecule has 1 aliphatic heterocycles. The van der Waals surface area contributed by atoms with Crippen LogP contribution in [0.4, 0.5) is 0 Å². The van der Waals surface area contributed by atoms with E-state index >= 15 is 0 Å². The van der Waals surface area contributed by atoms with Crippen LogP contribution < -0.4 is 10.5 Å². The van der Waals surface area contributed by atoms with E-state index in [1.165, 1.54) is 16.7 Å². The molecule has 2 heterocycles. The third kappa shape index (κ3) is 2.19. The number of nitrogens with two attached hydrogens (primary N) is 1. The van der Waals surface area contributed by atoms with E-state index in [2.05, 4.69) is 16.1 Å². The molecule has 1 atom stereocenters. The standard InChI is InChI=1S/C15H20N4O/c1-18-8-11(7-17-18)9-19-10-13-12(14(19)6-16)4-3-5-15(13)20-2/h3-5,7-8,14H,6,9-10,16H2,1-2H3. The van der Waals surface area contributed by atoms with Gasteiger partial charge in [-0.1, -0.05) is 12.1 Å². The van der Waals surface area contributed by atoms with Crippen LogP contribution in [0.3, 0.4) is 0 Å². The number of hydrogen-bond acceptors (Lipinski definition) is 4. The molecule has 0 spiro atoms. The molecule has 3 rings (SSSR count). The van der Waals surface area contributed by atoms with Gasteiger partial charge in [-0.05, 0) is 11.6 Å². The van der Waals surface area contributed by atoms with Gasteiger partial charge in [0.2, 0.25) is 0 Å². The summed E-state index contributed by atoms with van der Waals surface area (Å²) in [5, 5.41) is 4.23. The van der Waals surface area contributed by atoms with E-state index in [1.807, 2.05) is 36.3 Å². The van der Waals surface area contributed by atoms with Crippen molar-refractivity contribution in [2.45, 2.75) is 19.1 Å². The fourth-order valence-corrected chi connectivity index (χ4v) is 3.00. The van der Waals surface area contributed by atoms with Gasteiger partial charge in [0.05, 0.1) is 13.3 Å². The Hall–Kier alpha value is -1.85. The summed E-state index contributed by atoms with van der Waals surface area (Å²) in [6, 6.07) is 6.45. The van der Waals surface area contributed by atoms with Crippen LogP contribution in [0.2, 0.25) is 0 Å². The molecule has 0 radical (unpaired) electrons. The summed E-state index contributed by atoms with van der Waals surface area (Å²) in [4.78, 5) is 2.38. The first-order valence-corrected chi connectivity index (χ1v) is 6.80. The molecule has 0 saturated carbocycles. The van der Waals surface area contributed by atoms with Crippen LogP contribution in [0.5, 0.6) is 5.75 Å². The van der Waals surface area contributed by atoms with E-state index in [9.17, 15) is 0 Å². The third-order valence-corrected chi connectivity index (χ3v) is 3.92. The minimum Gasteiger partial charge on any atom is -0.496 e. The summed E-state index contributed by atoms with van der Waals surface area (Å²) >= 11 is 0. The van der Waals surface area contributed by atoms with Crippen molar-refractivity contribution >= 4 is 0 Å². The van der Waals surface area contributed by atoms with Crippen molar-refractivity contribution in [2.24, 2.45) is 12.8 Å². The molecule has 0 aliphatic carbocycles. The number of rotatable bonds is 4. The molecule has 0 bridgehead atoms. The maximum atomic E-state index is 5.99. The molecule has 2 N–H and O–H groups in total. The summed E-state index contributed by atoms with van der Waals surface area (Å²) in [5.41, 5.74) is 9.74. The molecule has 1 aliphatic rings. The Kier molecular flexibility index (Phi) is 3.46. The lowest BCUT2D eigenvalue weighted by atomic mass is 10.0. The van der Waals surface area contributed by atoms with E-state index in [4.69, 9.17) is 10.5 Å². The van der Waals surface area contributed by atoms with E-state index in [0.717, 1.165) is 18.8 Å². The number of benzene rings is 1. The van der Waals surface area contributed by atoms with Crippen LogP contribution in [-0.2, 0) is 20.1 Å². The molecule has 5 nitrogen and oxygen atoms in total. The Balaban J connectivity index is 1.88. The Morgan fingerprint density at radius 1 is 1.45 bits per heavy atom. The van der Waals surface area contributed by atoms with Gasteiger partial charge in [-0.2, -0.15) is 5.10 Å². The summed E-state index contributed by atoms with van der Waals surface area (Å²) in [6.07, 6.45) is 3.96. The molecule has 0 saturated heterocycles. The Morgan fingerprint density at radius 3 is 2.95 bits per heavy atom. The topological polar surface area (TPSA) is 56.3 Å². The van der Waals surface area contributed by atoms with Crippen molar-refractivity contribution in [3.63, 3.8) is 0 Å². The van der Waals surface area contributed by atoms with Crippen molar-refractivity contribution in [3.8, 4) is 5.75 Å². The lowest BCUT2D eigenvalue weighted by molar-refractivity contribution is 0.210. The molecule has 5 heteroatoms. The second kappa shape index (κ2) is 5.26. The van der Waals surface area contributed by atoms with E-state index in [1.54, 1.807) is 7.11 Å². The Bertz CT molecular complexity index is 608. The highest BCUT2D eigenvalue weighted by molar-refractivity contribution is 5.45. The number of aromatic nitrogens is 2. The first kappa shape index (κ1) is 13.1. The van der Waals surface area contributed by atoms with Crippen molar-refractivity contribution in [1.82, 2.24) is 14.7 Å². The summed E-state index contributed by atoms with van der Waals surface area (Å²) in [6.45, 7) is 2.34. The number of ether oxygens (including phenoxy) is 1. The average Bonchev–Trinajstić information content (AvgIpc) is 3.01. The number of hydrogen-bond donors (Lipinski definition) is 1. The SMILES string of the molecule is COc1cccc2c1CN(Cc1cnn(C)c1)C2CN. The minimum absolute atomic E-state index is 0.250. The predicted octanol–water partition coefficient (Wildman–Crippen LogP) is 1.44. The predicted molar refractivity (Wildman–Crippen MR) is 77.2 cm³/mol. The second-order valence-corrected chi connectivity index (χ2v) is 5.21. The smallest absolute Gasteiger partial charge is 0.123 e. The highest BCUT2D eigenvalue weighted by atomic mass is 16.5. The molecule has 20 heavy (non-hydrogen) atoms. The van der Waals surface area contributed by atoms with Gasteiger partial charge in [0.25, 0.3) is 0 Å². The Morgan fingerprint density at radius 2 is 2.30 bits per heavy atom. The van der Waals surface area contributed by atoms with Gasteiger partial charge >= 0.3 is 0 Å². The lowest BCUT2D eigenvalue weighted by Crippen LogP contribution is -2.27. The van der Waals surface area contributed by atoms with Gasteiger partial charge in [0.1, 0.15) is 5.75 Å². The quantitative estimate of drug-likeness (QED) is 0.915. The second-order valence-electron chi connectivity index (χ2n) is 5.21. The lowest BCUT2D eigenvalue weighted by Gasteiger charge is -2.22. The monoisotopic (exact) mass is 272 g/mol. The molecule has 0 amide bonds. The van der Waals surface area contributed by atoms with Crippen LogP contribution in [0.25, 0.3) is 0 Å². The number of nitrogens with zero attached hydrogens (tertiary/aromatic N) is 3. The number of methoxy groups -OCH3 is 1. The van der Waals surface area contributed by atoms with E-state index in [0.29, 0.717) is 6.54 Å². The van der Waals surface area contributed by atoms with Gasteiger partial charge < -0.3 is 10.5 Å². The maximum Gasteiger partial charge on any atom is 0.123 e. The van der Waals surface area contributed by atoms with Crippen LogP contribution in [-0.4, -0.2) is 28.3 Å². The van der Waals surface area contributed by atoms with Gasteiger partial charge in [-0.3, -0.25) is 9.58 Å². The van der Waals surface area contributed by atoms with E-state index in [-0.39, 0.29) is 6.04 Å². The van der Waals surface area contributed by atoms with Crippen molar-refractivity contribution in [1.29, 1.82) is 0 Å². The van der Waals surface area contributed by atoms with Crippen LogP contribution in [0.1, 0.15) is 22.7 Å². The first-order chi connectivity index (χ1) is 9.72. The molecule has 1 aromatic heterocycles. The van der Waals surface area contributed by atoms with Gasteiger partial charge in [0.15, 0.2) is 0 Å². The first-order valence-electron chi connectivity index (χ1n) is 6.80. The summed E-state index contributed by atoms with van der Waals surface area (Å²) in [7, 11) is 3.66. The third-order valence-electron chi connectivity index (χ3n) is 3.92. The molecule has 1 unspecified atom stereocenters. The molecule has 0 fully saturated rings. The summed E-state index contributed by atoms with van der Waals surface area (Å²) in [5.74, 6) is 0.953. The van der Waals surface area contributed by atoms with Crippen molar-refractivity contribution in [3.05, 3.63) is 47.3 Å². The highest BCUT2D eigenvalue weighted by Crippen LogP contribution is 2.38. The molecule has 2 aromatic rings. The van der Waals surface area contributed by atoms with Crippen molar-refractivity contribution in [2.75, 3.05) is 13.7 Å². The van der Waals surface area contributed by atoms with Gasteiger partial charge in [-0.25, -0.2) is 0 Å².